The SMILES string of the molecule is CC1CN(C(=O)OC(C)(C)C)CCN1c1ccc(N)cc1Cl.CC1CN(C(=O)OC(C)(C)C)CCN1c1ccc(Nc2ncc3c(n2)SCN(c2c(Cl)cccc2Cl)C3=O)cc1Cl.CC1CNCCN1c1ccc(Nc2ncc3c(n2)SCN(c2c(Cl)cccc2Cl)C3=O)cc1Cl.CSc1ncc2c(n1)SCN(c1c(Cl)cccc1Cl)C2=O.Cl.Cl. The van der Waals surface area contributed by atoms with Crippen LogP contribution < -0.4 is 51.1 Å². The molecule has 6 aliphatic rings. The Hall–Kier alpha value is -7.14. The maximum absolute atomic E-state index is 13.2. The summed E-state index contributed by atoms with van der Waals surface area (Å²) >= 11 is 63.0. The van der Waals surface area contributed by atoms with Crippen LogP contribution in [0.3, 0.4) is 0 Å². The van der Waals surface area contributed by atoms with Gasteiger partial charge in [-0.15, -0.1) is 24.8 Å². The third-order valence-corrected chi connectivity index (χ3v) is 25.0. The fourth-order valence-electron chi connectivity index (χ4n) is 13.3. The predicted octanol–water partition coefficient (Wildman–Crippen LogP) is 21.5. The van der Waals surface area contributed by atoms with E-state index < -0.39 is 11.2 Å². The topological polar surface area (TPSA) is 269 Å². The zero-order valence-electron chi connectivity index (χ0n) is 66.4. The van der Waals surface area contributed by atoms with E-state index in [1.165, 1.54) is 64.3 Å². The molecule has 40 heteroatoms. The maximum atomic E-state index is 13.2. The lowest BCUT2D eigenvalue weighted by Gasteiger charge is -2.41. The summed E-state index contributed by atoms with van der Waals surface area (Å²) in [6.45, 7) is 23.9. The van der Waals surface area contributed by atoms with E-state index >= 15 is 0 Å². The largest absolute Gasteiger partial charge is 0.444 e. The number of carbonyl (C=O) groups excluding carboxylic acids is 5. The highest BCUT2D eigenvalue weighted by Gasteiger charge is 2.37. The van der Waals surface area contributed by atoms with Gasteiger partial charge >= 0.3 is 12.2 Å². The van der Waals surface area contributed by atoms with Crippen molar-refractivity contribution in [3.05, 3.63) is 190 Å². The molecule has 3 unspecified atom stereocenters. The number of benzene rings is 6. The Morgan fingerprint density at radius 3 is 1.17 bits per heavy atom. The number of hydrogen-bond acceptors (Lipinski definition) is 24. The molecule has 3 saturated heterocycles. The van der Waals surface area contributed by atoms with Crippen molar-refractivity contribution >= 4 is 269 Å². The van der Waals surface area contributed by atoms with Crippen molar-refractivity contribution in [1.82, 2.24) is 45.0 Å². The van der Waals surface area contributed by atoms with Gasteiger partial charge in [0.25, 0.3) is 17.7 Å². The second-order valence-electron chi connectivity index (χ2n) is 29.6. The molecule has 15 rings (SSSR count). The minimum Gasteiger partial charge on any atom is -0.444 e. The second kappa shape index (κ2) is 41.6. The highest BCUT2D eigenvalue weighted by atomic mass is 35.5. The van der Waals surface area contributed by atoms with Crippen LogP contribution in [0.5, 0.6) is 0 Å². The first-order valence-corrected chi connectivity index (χ1v) is 44.7. The molecule has 9 heterocycles. The number of aromatic nitrogens is 6. The highest BCUT2D eigenvalue weighted by molar-refractivity contribution is 8.00. The van der Waals surface area contributed by atoms with E-state index in [1.807, 2.05) is 96.3 Å². The summed E-state index contributed by atoms with van der Waals surface area (Å²) in [4.78, 5) is 105. The first-order chi connectivity index (χ1) is 56.1. The standard InChI is InChI=1S/C28H29Cl3N6O3S.C23H21Cl3N6OS.C16H24ClN3O2.C13H9Cl2N3OS2.2ClH/c1-16-14-35(27(39)40-28(2,3)4)10-11-36(16)22-9-8-17(12-21(22)31)33-26-32-13-18-24(34-26)41-15-37(25(18)38)23-19(29)6-5-7-20(23)30;1-13-10-27-7-8-31(13)19-6-5-14(9-18(19)26)29-23-28-11-15-21(30-23)34-12-32(22(15)33)20-16(24)3-2-4-17(20)25;1-11-10-19(15(21)22-16(2,3)4)7-8-20(11)14-6-5-12(18)9-13(14)17;1-20-13-16-5-7-11(17-13)21-6-18(12(7)19)10-8(14)3-2-4-9(10)15;;/h5-9,12-13,16H,10-11,14-15H2,1-4H3,(H,32,33,34);2-6,9,11,13,27H,7-8,10,12H2,1H3,(H,28,29,30);5-6,9,11H,7-8,10,18H2,1-4H3;2-5H,6H2,1H3;2*1H. The Morgan fingerprint density at radius 1 is 0.475 bits per heavy atom. The lowest BCUT2D eigenvalue weighted by atomic mass is 10.1. The van der Waals surface area contributed by atoms with Gasteiger partial charge in [-0.3, -0.25) is 29.1 Å². The van der Waals surface area contributed by atoms with Crippen LogP contribution in [-0.2, 0) is 9.47 Å². The molecule has 9 aromatic rings. The van der Waals surface area contributed by atoms with Gasteiger partial charge in [0.2, 0.25) is 11.9 Å². The molecule has 3 fully saturated rings. The average molecular weight is 1930 g/mol. The third-order valence-electron chi connectivity index (χ3n) is 18.8. The summed E-state index contributed by atoms with van der Waals surface area (Å²) in [6, 6.07) is 33.0. The van der Waals surface area contributed by atoms with Gasteiger partial charge in [-0.1, -0.05) is 170 Å². The summed E-state index contributed by atoms with van der Waals surface area (Å²) in [5.41, 5.74) is 12.4. The van der Waals surface area contributed by atoms with Crippen molar-refractivity contribution in [2.45, 2.75) is 112 Å². The van der Waals surface area contributed by atoms with Gasteiger partial charge < -0.3 is 55.7 Å². The molecular formula is C80H85Cl11N18O7S4. The molecular weight excluding hydrogens is 1840 g/mol. The quantitative estimate of drug-likeness (QED) is 0.0405. The van der Waals surface area contributed by atoms with Crippen LogP contribution >= 0.6 is 176 Å². The molecule has 0 radical (unpaired) electrons. The van der Waals surface area contributed by atoms with Crippen LogP contribution in [0.25, 0.3) is 0 Å². The average Bonchev–Trinajstić information content (AvgIpc) is 0.782. The Bertz CT molecular complexity index is 5220. The number of para-hydroxylation sites is 3. The smallest absolute Gasteiger partial charge is 0.410 e. The van der Waals surface area contributed by atoms with Gasteiger partial charge in [-0.2, -0.15) is 0 Å². The normalized spacial score (nSPS) is 17.1. The van der Waals surface area contributed by atoms with E-state index in [-0.39, 0.29) is 66.8 Å². The van der Waals surface area contributed by atoms with Crippen LogP contribution in [0.1, 0.15) is 93.4 Å². The molecule has 638 valence electrons. The molecule has 3 aromatic heterocycles. The van der Waals surface area contributed by atoms with Crippen molar-refractivity contribution < 1.29 is 33.4 Å². The highest BCUT2D eigenvalue weighted by Crippen LogP contribution is 2.45. The minimum absolute atomic E-state index is 0. The zero-order chi connectivity index (χ0) is 84.8. The van der Waals surface area contributed by atoms with E-state index in [9.17, 15) is 24.0 Å². The molecule has 6 aliphatic heterocycles. The molecule has 0 spiro atoms. The van der Waals surface area contributed by atoms with Gasteiger partial charge in [0.05, 0.1) is 114 Å². The number of carbonyl (C=O) groups is 5. The van der Waals surface area contributed by atoms with E-state index in [2.05, 4.69) is 81.3 Å². The molecule has 0 saturated carbocycles. The Labute approximate surface area is 770 Å². The number of nitrogens with zero attached hydrogens (tertiary/aromatic N) is 14. The lowest BCUT2D eigenvalue weighted by Crippen LogP contribution is -2.54. The molecule has 3 atom stereocenters. The van der Waals surface area contributed by atoms with E-state index in [4.69, 9.17) is 120 Å². The summed E-state index contributed by atoms with van der Waals surface area (Å²) in [5, 5.41) is 16.6. The monoisotopic (exact) mass is 1920 g/mol. The first-order valence-electron chi connectivity index (χ1n) is 37.1. The Balaban J connectivity index is 0.000000173. The number of piperazine rings is 3. The molecule has 25 nitrogen and oxygen atoms in total. The Morgan fingerprint density at radius 2 is 0.825 bits per heavy atom. The number of thioether (sulfide) groups is 4. The zero-order valence-corrected chi connectivity index (χ0v) is 78.1. The summed E-state index contributed by atoms with van der Waals surface area (Å²) in [5.74, 6) is 1.10. The number of nitrogens with one attached hydrogen (secondary N) is 3. The van der Waals surface area contributed by atoms with E-state index in [0.717, 1.165) is 42.4 Å². The van der Waals surface area contributed by atoms with E-state index in [0.29, 0.717) is 185 Å². The number of hydrogen-bond donors (Lipinski definition) is 4. The number of nitrogens with two attached hydrogens (primary N) is 1. The fraction of sp³-hybridized carbons (Fsp3) is 0.338. The molecule has 6 aromatic carbocycles. The molecule has 5 amide bonds. The van der Waals surface area contributed by atoms with Crippen molar-refractivity contribution in [2.75, 3.05) is 129 Å². The number of ether oxygens (including phenoxy) is 2. The van der Waals surface area contributed by atoms with Crippen molar-refractivity contribution in [3.8, 4) is 0 Å². The predicted molar refractivity (Wildman–Crippen MR) is 499 cm³/mol. The van der Waals surface area contributed by atoms with Crippen molar-refractivity contribution in [1.29, 1.82) is 0 Å². The van der Waals surface area contributed by atoms with Crippen LogP contribution in [-0.4, -0.2) is 182 Å². The first kappa shape index (κ1) is 95.1. The van der Waals surface area contributed by atoms with E-state index in [1.54, 1.807) is 86.5 Å². The Kier molecular flexibility index (Phi) is 32.9. The van der Waals surface area contributed by atoms with Gasteiger partial charge in [-0.05, 0) is 160 Å². The molecule has 0 aliphatic carbocycles. The second-order valence-corrected chi connectivity index (χ2v) is 36.8. The number of amides is 5. The lowest BCUT2D eigenvalue weighted by molar-refractivity contribution is 0.0209. The fourth-order valence-corrected chi connectivity index (χ4v) is 19.2. The summed E-state index contributed by atoms with van der Waals surface area (Å²) in [6.07, 6.45) is 5.91. The van der Waals surface area contributed by atoms with Crippen LogP contribution in [0.2, 0.25) is 45.2 Å². The van der Waals surface area contributed by atoms with Crippen LogP contribution in [0.15, 0.2) is 148 Å². The minimum atomic E-state index is -0.537. The number of fused-ring (bicyclic) bond motifs is 3. The van der Waals surface area contributed by atoms with Crippen LogP contribution in [0.4, 0.5) is 72.7 Å². The van der Waals surface area contributed by atoms with Gasteiger partial charge in [0, 0.05) is 113 Å². The van der Waals surface area contributed by atoms with Gasteiger partial charge in [0.1, 0.15) is 26.3 Å². The molecule has 120 heavy (non-hydrogen) atoms. The van der Waals surface area contributed by atoms with Gasteiger partial charge in [0.15, 0.2) is 5.16 Å². The summed E-state index contributed by atoms with van der Waals surface area (Å²) < 4.78 is 11.0. The number of nitrogen functional groups attached to an aromatic ring is 1. The summed E-state index contributed by atoms with van der Waals surface area (Å²) in [7, 11) is 0. The molecule has 5 N–H and O–H groups in total. The molecule has 0 bridgehead atoms. The number of anilines is 11. The third kappa shape index (κ3) is 23.1. The number of halogens is 11. The van der Waals surface area contributed by atoms with Crippen molar-refractivity contribution in [2.24, 2.45) is 0 Å². The maximum Gasteiger partial charge on any atom is 0.410 e. The van der Waals surface area contributed by atoms with Gasteiger partial charge in [-0.25, -0.2) is 39.5 Å². The van der Waals surface area contributed by atoms with Crippen LogP contribution in [0, 0.1) is 0 Å². The number of rotatable bonds is 11. The van der Waals surface area contributed by atoms with Crippen molar-refractivity contribution in [3.63, 3.8) is 0 Å².